The Balaban J connectivity index is 1.93. The molecule has 0 aliphatic carbocycles. The number of halogens is 1. The SMILES string of the molecule is CCOc1ccc(N(CC(=O)N/N=C(/C)c2ccc(F)cc2)S(=O)(=O)c2ccc(OC)c(OC)c2)cc1. The van der Waals surface area contributed by atoms with Crippen LogP contribution in [-0.4, -0.2) is 47.4 Å². The summed E-state index contributed by atoms with van der Waals surface area (Å²) >= 11 is 0. The number of anilines is 1. The van der Waals surface area contributed by atoms with Gasteiger partial charge in [0, 0.05) is 6.07 Å². The van der Waals surface area contributed by atoms with Crippen LogP contribution in [0.5, 0.6) is 17.2 Å². The third-order valence-corrected chi connectivity index (χ3v) is 7.05. The monoisotopic (exact) mass is 529 g/mol. The van der Waals surface area contributed by atoms with Gasteiger partial charge < -0.3 is 14.2 Å². The minimum absolute atomic E-state index is 0.0992. The first-order valence-corrected chi connectivity index (χ1v) is 12.7. The first-order chi connectivity index (χ1) is 17.7. The van der Waals surface area contributed by atoms with E-state index in [1.165, 1.54) is 56.7 Å². The number of sulfonamides is 1. The predicted molar refractivity (Wildman–Crippen MR) is 138 cm³/mol. The van der Waals surface area contributed by atoms with Gasteiger partial charge in [0.15, 0.2) is 11.5 Å². The van der Waals surface area contributed by atoms with Gasteiger partial charge in [-0.15, -0.1) is 0 Å². The van der Waals surface area contributed by atoms with E-state index >= 15 is 0 Å². The number of hydrazone groups is 1. The van der Waals surface area contributed by atoms with Crippen molar-refractivity contribution in [2.24, 2.45) is 5.10 Å². The molecule has 3 aromatic carbocycles. The standard InChI is InChI=1S/C26H28FN3O6S/c1-5-36-22-12-10-21(11-13-22)30(37(32,33)23-14-15-24(34-3)25(16-23)35-4)17-26(31)29-28-18(2)19-6-8-20(27)9-7-19/h6-16H,5,17H2,1-4H3,(H,29,31)/b28-18-. The lowest BCUT2D eigenvalue weighted by Gasteiger charge is -2.24. The Morgan fingerprint density at radius 1 is 0.973 bits per heavy atom. The fraction of sp³-hybridized carbons (Fsp3) is 0.231. The maximum absolute atomic E-state index is 13.7. The number of rotatable bonds is 11. The van der Waals surface area contributed by atoms with E-state index in [1.807, 2.05) is 6.92 Å². The van der Waals surface area contributed by atoms with Crippen molar-refractivity contribution in [2.75, 3.05) is 31.7 Å². The Bertz CT molecular complexity index is 1360. The molecule has 196 valence electrons. The highest BCUT2D eigenvalue weighted by Gasteiger charge is 2.28. The molecule has 0 saturated heterocycles. The first-order valence-electron chi connectivity index (χ1n) is 11.3. The lowest BCUT2D eigenvalue weighted by molar-refractivity contribution is -0.119. The van der Waals surface area contributed by atoms with Gasteiger partial charge in [0.1, 0.15) is 18.1 Å². The summed E-state index contributed by atoms with van der Waals surface area (Å²) in [4.78, 5) is 12.7. The van der Waals surface area contributed by atoms with E-state index in [0.717, 1.165) is 4.31 Å². The van der Waals surface area contributed by atoms with E-state index in [4.69, 9.17) is 14.2 Å². The van der Waals surface area contributed by atoms with E-state index in [2.05, 4.69) is 10.5 Å². The Morgan fingerprint density at radius 3 is 2.22 bits per heavy atom. The minimum Gasteiger partial charge on any atom is -0.494 e. The second kappa shape index (κ2) is 12.2. The maximum atomic E-state index is 13.7. The van der Waals surface area contributed by atoms with Crippen LogP contribution in [0.2, 0.25) is 0 Å². The molecule has 3 aromatic rings. The topological polar surface area (TPSA) is 107 Å². The summed E-state index contributed by atoms with van der Waals surface area (Å²) in [7, 11) is -1.38. The average molecular weight is 530 g/mol. The van der Waals surface area contributed by atoms with Crippen molar-refractivity contribution < 1.29 is 31.8 Å². The van der Waals surface area contributed by atoms with Crippen LogP contribution in [0.3, 0.4) is 0 Å². The summed E-state index contributed by atoms with van der Waals surface area (Å²) in [6, 6.07) is 16.1. The lowest BCUT2D eigenvalue weighted by Crippen LogP contribution is -2.39. The maximum Gasteiger partial charge on any atom is 0.264 e. The van der Waals surface area contributed by atoms with Crippen molar-refractivity contribution in [3.05, 3.63) is 78.1 Å². The molecular formula is C26H28FN3O6S. The Hall–Kier alpha value is -4.12. The zero-order valence-corrected chi connectivity index (χ0v) is 21.7. The number of hydrogen-bond donors (Lipinski definition) is 1. The molecule has 0 fully saturated rings. The first kappa shape index (κ1) is 27.5. The molecule has 0 aliphatic heterocycles. The summed E-state index contributed by atoms with van der Waals surface area (Å²) in [5, 5.41) is 4.03. The third-order valence-electron chi connectivity index (χ3n) is 5.28. The molecule has 1 N–H and O–H groups in total. The van der Waals surface area contributed by atoms with Gasteiger partial charge in [-0.2, -0.15) is 5.10 Å². The molecule has 0 spiro atoms. The number of methoxy groups -OCH3 is 2. The highest BCUT2D eigenvalue weighted by molar-refractivity contribution is 7.92. The smallest absolute Gasteiger partial charge is 0.264 e. The van der Waals surface area contributed by atoms with E-state index < -0.39 is 28.3 Å². The van der Waals surface area contributed by atoms with Gasteiger partial charge in [0.25, 0.3) is 15.9 Å². The molecule has 0 heterocycles. The largest absolute Gasteiger partial charge is 0.494 e. The number of nitrogens with zero attached hydrogens (tertiary/aromatic N) is 2. The number of carbonyl (C=O) groups is 1. The molecule has 1 amide bonds. The van der Waals surface area contributed by atoms with Crippen LogP contribution >= 0.6 is 0 Å². The average Bonchev–Trinajstić information content (AvgIpc) is 2.91. The van der Waals surface area contributed by atoms with E-state index in [1.54, 1.807) is 31.2 Å². The highest BCUT2D eigenvalue weighted by Crippen LogP contribution is 2.32. The number of amides is 1. The highest BCUT2D eigenvalue weighted by atomic mass is 32.2. The van der Waals surface area contributed by atoms with Crippen molar-refractivity contribution >= 4 is 27.3 Å². The van der Waals surface area contributed by atoms with E-state index in [9.17, 15) is 17.6 Å². The van der Waals surface area contributed by atoms with Crippen LogP contribution in [0.15, 0.2) is 76.7 Å². The summed E-state index contributed by atoms with van der Waals surface area (Å²) in [5.74, 6) is 0.0571. The Kier molecular flexibility index (Phi) is 9.07. The fourth-order valence-corrected chi connectivity index (χ4v) is 4.80. The summed E-state index contributed by atoms with van der Waals surface area (Å²) < 4.78 is 57.4. The van der Waals surface area contributed by atoms with Crippen LogP contribution in [0.25, 0.3) is 0 Å². The molecule has 0 unspecified atom stereocenters. The number of carbonyl (C=O) groups excluding carboxylic acids is 1. The van der Waals surface area contributed by atoms with Gasteiger partial charge in [0.2, 0.25) is 0 Å². The van der Waals surface area contributed by atoms with Gasteiger partial charge in [-0.3, -0.25) is 9.10 Å². The van der Waals surface area contributed by atoms with Crippen molar-refractivity contribution in [3.8, 4) is 17.2 Å². The van der Waals surface area contributed by atoms with Gasteiger partial charge in [0.05, 0.1) is 37.1 Å². The Morgan fingerprint density at radius 2 is 1.62 bits per heavy atom. The zero-order valence-electron chi connectivity index (χ0n) is 20.9. The number of nitrogens with one attached hydrogen (secondary N) is 1. The molecular weight excluding hydrogens is 501 g/mol. The second-order valence-electron chi connectivity index (χ2n) is 7.69. The van der Waals surface area contributed by atoms with Crippen LogP contribution in [0.1, 0.15) is 19.4 Å². The number of hydrogen-bond acceptors (Lipinski definition) is 7. The molecule has 9 nitrogen and oxygen atoms in total. The van der Waals surface area contributed by atoms with E-state index in [-0.39, 0.29) is 16.3 Å². The number of benzene rings is 3. The quantitative estimate of drug-likeness (QED) is 0.298. The second-order valence-corrected chi connectivity index (χ2v) is 9.56. The summed E-state index contributed by atoms with van der Waals surface area (Å²) in [6.45, 7) is 3.35. The molecule has 0 bridgehead atoms. The van der Waals surface area contributed by atoms with Gasteiger partial charge in [-0.25, -0.2) is 18.2 Å². The lowest BCUT2D eigenvalue weighted by atomic mass is 10.1. The van der Waals surface area contributed by atoms with Crippen LogP contribution in [0, 0.1) is 5.82 Å². The fourth-order valence-electron chi connectivity index (χ4n) is 3.36. The minimum atomic E-state index is -4.22. The molecule has 0 aliphatic rings. The molecule has 0 radical (unpaired) electrons. The van der Waals surface area contributed by atoms with Crippen molar-refractivity contribution in [2.45, 2.75) is 18.7 Å². The van der Waals surface area contributed by atoms with Gasteiger partial charge >= 0.3 is 0 Å². The van der Waals surface area contributed by atoms with Crippen LogP contribution in [0.4, 0.5) is 10.1 Å². The van der Waals surface area contributed by atoms with Crippen molar-refractivity contribution in [1.82, 2.24) is 5.43 Å². The third kappa shape index (κ3) is 6.76. The van der Waals surface area contributed by atoms with Gasteiger partial charge in [-0.05, 0) is 67.9 Å². The van der Waals surface area contributed by atoms with Crippen LogP contribution < -0.4 is 23.9 Å². The van der Waals surface area contributed by atoms with Gasteiger partial charge in [-0.1, -0.05) is 12.1 Å². The van der Waals surface area contributed by atoms with Crippen LogP contribution in [-0.2, 0) is 14.8 Å². The molecule has 0 aromatic heterocycles. The normalized spacial score (nSPS) is 11.5. The number of ether oxygens (including phenoxy) is 3. The van der Waals surface area contributed by atoms with E-state index in [0.29, 0.717) is 29.4 Å². The summed E-state index contributed by atoms with van der Waals surface area (Å²) in [6.07, 6.45) is 0. The van der Waals surface area contributed by atoms with Crippen molar-refractivity contribution in [1.29, 1.82) is 0 Å². The molecule has 37 heavy (non-hydrogen) atoms. The predicted octanol–water partition coefficient (Wildman–Crippen LogP) is 3.98. The Labute approximate surface area is 215 Å². The molecule has 3 rings (SSSR count). The molecule has 0 atom stereocenters. The van der Waals surface area contributed by atoms with Crippen molar-refractivity contribution in [3.63, 3.8) is 0 Å². The zero-order chi connectivity index (χ0) is 27.0. The summed E-state index contributed by atoms with van der Waals surface area (Å²) in [5.41, 5.74) is 3.63. The molecule has 0 saturated carbocycles. The molecule has 11 heteroatoms.